The zero-order valence-corrected chi connectivity index (χ0v) is 26.3. The number of ether oxygens (including phenoxy) is 1. The first-order chi connectivity index (χ1) is 21.1. The van der Waals surface area contributed by atoms with Crippen molar-refractivity contribution in [2.75, 3.05) is 18.9 Å². The Labute approximate surface area is 262 Å². The van der Waals surface area contributed by atoms with E-state index in [-0.39, 0.29) is 15.1 Å². The number of Topliss-reactive ketones (excluding diaryl/α,β-unsaturated/α-hetero) is 1. The molecule has 0 unspecified atom stereocenters. The van der Waals surface area contributed by atoms with E-state index in [0.717, 1.165) is 35.4 Å². The molecule has 0 radical (unpaired) electrons. The van der Waals surface area contributed by atoms with Crippen LogP contribution in [0.1, 0.15) is 32.4 Å². The lowest BCUT2D eigenvalue weighted by atomic mass is 9.86. The SMILES string of the molecule is C[C@@H]1[C@H](CC(=O)/C(=N\O[C@@](C)(COc2ccc(-c3cn(CCCN)[n+](C)c3)cc2)C(=O)O)c2csc(N)n2)C(=O)N1S(=O)(=O)O. The summed E-state index contributed by atoms with van der Waals surface area (Å²) in [5.74, 6) is -3.91. The van der Waals surface area contributed by atoms with Crippen molar-refractivity contribution in [3.63, 3.8) is 0 Å². The van der Waals surface area contributed by atoms with Crippen LogP contribution in [-0.4, -0.2) is 80.2 Å². The first kappa shape index (κ1) is 33.5. The van der Waals surface area contributed by atoms with Crippen LogP contribution in [0.15, 0.2) is 47.2 Å². The number of aromatic nitrogens is 3. The van der Waals surface area contributed by atoms with Gasteiger partial charge in [0.15, 0.2) is 23.7 Å². The highest BCUT2D eigenvalue weighted by molar-refractivity contribution is 7.84. The molecule has 16 nitrogen and oxygen atoms in total. The highest BCUT2D eigenvalue weighted by atomic mass is 32.2. The molecular weight excluding hydrogens is 630 g/mol. The Morgan fingerprint density at radius 1 is 1.24 bits per heavy atom. The fourth-order valence-electron chi connectivity index (χ4n) is 4.59. The summed E-state index contributed by atoms with van der Waals surface area (Å²) in [5.41, 5.74) is 10.7. The molecule has 3 heterocycles. The van der Waals surface area contributed by atoms with Crippen molar-refractivity contribution in [1.29, 1.82) is 0 Å². The van der Waals surface area contributed by atoms with E-state index < -0.39 is 64.3 Å². The van der Waals surface area contributed by atoms with Crippen molar-refractivity contribution in [2.24, 2.45) is 23.9 Å². The summed E-state index contributed by atoms with van der Waals surface area (Å²) in [6.45, 7) is 3.42. The normalized spacial score (nSPS) is 18.3. The molecule has 242 valence electrons. The number of ketones is 1. The maximum absolute atomic E-state index is 13.2. The topological polar surface area (TPSA) is 234 Å². The molecule has 4 rings (SSSR count). The Hall–Kier alpha value is -4.39. The van der Waals surface area contributed by atoms with E-state index in [9.17, 15) is 32.5 Å². The summed E-state index contributed by atoms with van der Waals surface area (Å²) in [4.78, 5) is 47.2. The van der Waals surface area contributed by atoms with Gasteiger partial charge in [0.2, 0.25) is 12.1 Å². The lowest BCUT2D eigenvalue weighted by Gasteiger charge is -2.41. The van der Waals surface area contributed by atoms with Gasteiger partial charge in [-0.25, -0.2) is 14.1 Å². The van der Waals surface area contributed by atoms with Crippen LogP contribution in [0.25, 0.3) is 11.1 Å². The van der Waals surface area contributed by atoms with Crippen molar-refractivity contribution in [2.45, 2.75) is 44.9 Å². The number of carboxylic acids is 1. The molecule has 1 aliphatic rings. The molecule has 1 fully saturated rings. The van der Waals surface area contributed by atoms with Crippen LogP contribution in [0, 0.1) is 5.92 Å². The first-order valence-corrected chi connectivity index (χ1v) is 16.0. The standard InChI is InChI=1S/C27H33N7O9S2/c1-16-20(24(36)34(16)45(39,40)41)11-22(35)23(21-14-44-26(29)30-21)31-43-27(2,25(37)38)15-42-19-7-5-17(6-8-19)18-12-32(3)33(13-18)10-4-9-28/h5-8,12-14,16,20H,4,9-11,15,28H2,1-3H3,(H3-,29,30,37,38,39,40,41)/p+1/b31-23-/t16-,20+,27+/m1/s1. The van der Waals surface area contributed by atoms with Crippen LogP contribution in [0.5, 0.6) is 5.75 Å². The minimum Gasteiger partial charge on any atom is -0.489 e. The number of β-lactam (4-membered cyclic amide) rings is 1. The van der Waals surface area contributed by atoms with Crippen molar-refractivity contribution >= 4 is 50.1 Å². The fourth-order valence-corrected chi connectivity index (χ4v) is 6.07. The number of anilines is 1. The number of nitrogen functional groups attached to an aromatic ring is 1. The highest BCUT2D eigenvalue weighted by Crippen LogP contribution is 2.32. The number of hydrogen-bond acceptors (Lipinski definition) is 12. The van der Waals surface area contributed by atoms with E-state index >= 15 is 0 Å². The molecule has 0 saturated carbocycles. The number of amides is 1. The number of oxime groups is 1. The van der Waals surface area contributed by atoms with Crippen LogP contribution in [0.4, 0.5) is 5.13 Å². The Bertz CT molecular complexity index is 1720. The second-order valence-corrected chi connectivity index (χ2v) is 12.8. The van der Waals surface area contributed by atoms with Gasteiger partial charge in [0.25, 0.3) is 5.60 Å². The van der Waals surface area contributed by atoms with Gasteiger partial charge in [0.1, 0.15) is 18.1 Å². The van der Waals surface area contributed by atoms with E-state index in [1.807, 2.05) is 40.9 Å². The third kappa shape index (κ3) is 7.47. The van der Waals surface area contributed by atoms with Crippen molar-refractivity contribution in [1.82, 2.24) is 14.0 Å². The van der Waals surface area contributed by atoms with Gasteiger partial charge in [-0.15, -0.1) is 16.0 Å². The summed E-state index contributed by atoms with van der Waals surface area (Å²) < 4.78 is 42.1. The average Bonchev–Trinajstić information content (AvgIpc) is 3.58. The molecule has 0 aliphatic carbocycles. The number of carboxylic acid groups (broad SMARTS) is 1. The number of hydrogen-bond donors (Lipinski definition) is 4. The number of aryl methyl sites for hydroxylation is 2. The fraction of sp³-hybridized carbons (Fsp3) is 0.407. The Balaban J connectivity index is 1.48. The average molecular weight is 665 g/mol. The van der Waals surface area contributed by atoms with Crippen molar-refractivity contribution in [3.8, 4) is 16.9 Å². The van der Waals surface area contributed by atoms with Crippen LogP contribution in [0.2, 0.25) is 0 Å². The Kier molecular flexibility index (Phi) is 9.91. The lowest BCUT2D eigenvalue weighted by Crippen LogP contribution is -2.62. The second-order valence-electron chi connectivity index (χ2n) is 10.6. The molecule has 3 atom stereocenters. The molecule has 1 amide bonds. The zero-order chi connectivity index (χ0) is 33.1. The monoisotopic (exact) mass is 664 g/mol. The van der Waals surface area contributed by atoms with E-state index in [1.165, 1.54) is 19.2 Å². The van der Waals surface area contributed by atoms with Gasteiger partial charge in [0, 0.05) is 11.8 Å². The van der Waals surface area contributed by atoms with Gasteiger partial charge < -0.3 is 26.1 Å². The lowest BCUT2D eigenvalue weighted by molar-refractivity contribution is -0.753. The minimum absolute atomic E-state index is 0.0249. The van der Waals surface area contributed by atoms with Crippen LogP contribution < -0.4 is 20.9 Å². The van der Waals surface area contributed by atoms with Gasteiger partial charge in [-0.2, -0.15) is 13.1 Å². The molecule has 1 saturated heterocycles. The van der Waals surface area contributed by atoms with Crippen LogP contribution in [0.3, 0.4) is 0 Å². The van der Waals surface area contributed by atoms with Crippen molar-refractivity contribution < 1.29 is 46.7 Å². The predicted molar refractivity (Wildman–Crippen MR) is 161 cm³/mol. The van der Waals surface area contributed by atoms with Crippen molar-refractivity contribution in [3.05, 3.63) is 47.7 Å². The summed E-state index contributed by atoms with van der Waals surface area (Å²) in [6.07, 6.45) is 4.30. The molecule has 0 spiro atoms. The number of rotatable bonds is 15. The first-order valence-electron chi connectivity index (χ1n) is 13.7. The van der Waals surface area contributed by atoms with Gasteiger partial charge >= 0.3 is 16.3 Å². The molecule has 18 heteroatoms. The van der Waals surface area contributed by atoms with E-state index in [2.05, 4.69) is 10.1 Å². The van der Waals surface area contributed by atoms with Gasteiger partial charge in [-0.05, 0) is 44.5 Å². The number of benzene rings is 1. The van der Waals surface area contributed by atoms with E-state index in [4.69, 9.17) is 21.0 Å². The number of nitrogens with two attached hydrogens (primary N) is 2. The number of carbonyl (C=O) groups excluding carboxylic acids is 2. The summed E-state index contributed by atoms with van der Waals surface area (Å²) in [5, 5.41) is 15.3. The second kappa shape index (κ2) is 13.3. The van der Waals surface area contributed by atoms with Gasteiger partial charge in [0.05, 0.1) is 30.3 Å². The third-order valence-electron chi connectivity index (χ3n) is 7.27. The predicted octanol–water partition coefficient (Wildman–Crippen LogP) is 0.619. The molecule has 6 N–H and O–H groups in total. The molecule has 2 aromatic heterocycles. The van der Waals surface area contributed by atoms with Crippen LogP contribution in [-0.2, 0) is 43.1 Å². The summed E-state index contributed by atoms with van der Waals surface area (Å²) >= 11 is 0.987. The number of nitrogens with zero attached hydrogens (tertiary/aromatic N) is 5. The highest BCUT2D eigenvalue weighted by Gasteiger charge is 2.51. The molecular formula is C27H34N7O9S2+. The molecule has 3 aromatic rings. The zero-order valence-electron chi connectivity index (χ0n) is 24.7. The maximum atomic E-state index is 13.2. The Morgan fingerprint density at radius 3 is 2.49 bits per heavy atom. The van der Waals surface area contributed by atoms with Crippen LogP contribution >= 0.6 is 11.3 Å². The van der Waals surface area contributed by atoms with Gasteiger partial charge in [-0.3, -0.25) is 14.1 Å². The molecule has 0 bridgehead atoms. The van der Waals surface area contributed by atoms with Gasteiger partial charge in [-0.1, -0.05) is 17.3 Å². The number of carbonyl (C=O) groups is 3. The molecule has 45 heavy (non-hydrogen) atoms. The van der Waals surface area contributed by atoms with E-state index in [1.54, 1.807) is 12.1 Å². The largest absolute Gasteiger partial charge is 0.489 e. The quantitative estimate of drug-likeness (QED) is 0.0576. The molecule has 1 aliphatic heterocycles. The van der Waals surface area contributed by atoms with E-state index in [0.29, 0.717) is 12.3 Å². The smallest absolute Gasteiger partial charge is 0.362 e. The summed E-state index contributed by atoms with van der Waals surface area (Å²) in [6, 6.07) is 6.01. The molecule has 1 aromatic carbocycles. The minimum atomic E-state index is -4.79. The number of aliphatic carboxylic acids is 1. The Morgan fingerprint density at radius 2 is 1.93 bits per heavy atom. The number of thiazole rings is 1. The maximum Gasteiger partial charge on any atom is 0.362 e. The summed E-state index contributed by atoms with van der Waals surface area (Å²) in [7, 11) is -2.86. The third-order valence-corrected chi connectivity index (χ3v) is 8.96.